The minimum Gasteiger partial charge on any atom is -0.338 e. The molecule has 5 nitrogen and oxygen atoms in total. The topological polar surface area (TPSA) is 53.9 Å². The van der Waals surface area contributed by atoms with Crippen LogP contribution in [0.5, 0.6) is 0 Å². The van der Waals surface area contributed by atoms with E-state index in [0.29, 0.717) is 6.04 Å². The number of anilines is 3. The van der Waals surface area contributed by atoms with Gasteiger partial charge in [0.1, 0.15) is 5.82 Å². The number of nitrogens with zero attached hydrogens (tertiary/aromatic N) is 4. The van der Waals surface area contributed by atoms with Gasteiger partial charge in [-0.05, 0) is 44.7 Å². The predicted molar refractivity (Wildman–Crippen MR) is 107 cm³/mol. The fourth-order valence-electron chi connectivity index (χ4n) is 3.78. The molecule has 3 aromatic rings. The van der Waals surface area contributed by atoms with Crippen molar-refractivity contribution in [3.05, 3.63) is 48.3 Å². The maximum atomic E-state index is 4.83. The maximum absolute atomic E-state index is 4.83. The number of piperidine rings is 1. The van der Waals surface area contributed by atoms with E-state index < -0.39 is 0 Å². The lowest BCUT2D eigenvalue weighted by Crippen LogP contribution is -2.40. The van der Waals surface area contributed by atoms with Gasteiger partial charge in [-0.3, -0.25) is 4.98 Å². The SMILES string of the molecule is CCC1CCCCN1c1nc(C)cc(Nc2cccc3cccnc23)n1. The maximum Gasteiger partial charge on any atom is 0.227 e. The standard InChI is InChI=1S/C21H25N5/c1-3-17-10-4-5-13-26(17)21-23-15(2)14-19(25-21)24-18-11-6-8-16-9-7-12-22-20(16)18/h6-9,11-12,14,17H,3-5,10,13H2,1-2H3,(H,23,24,25). The lowest BCUT2D eigenvalue weighted by molar-refractivity contribution is 0.443. The highest BCUT2D eigenvalue weighted by atomic mass is 15.3. The molecule has 5 heteroatoms. The van der Waals surface area contributed by atoms with Crippen LogP contribution in [0.4, 0.5) is 17.5 Å². The van der Waals surface area contributed by atoms with Gasteiger partial charge in [-0.2, -0.15) is 4.98 Å². The number of benzene rings is 1. The van der Waals surface area contributed by atoms with Crippen LogP contribution in [0.3, 0.4) is 0 Å². The Balaban J connectivity index is 1.68. The second-order valence-electron chi connectivity index (χ2n) is 6.95. The summed E-state index contributed by atoms with van der Waals surface area (Å²) in [7, 11) is 0. The third-order valence-electron chi connectivity index (χ3n) is 5.09. The summed E-state index contributed by atoms with van der Waals surface area (Å²) in [5, 5.41) is 4.58. The highest BCUT2D eigenvalue weighted by molar-refractivity contribution is 5.91. The molecule has 134 valence electrons. The molecule has 1 atom stereocenters. The zero-order valence-electron chi connectivity index (χ0n) is 15.4. The number of fused-ring (bicyclic) bond motifs is 1. The summed E-state index contributed by atoms with van der Waals surface area (Å²) in [6.45, 7) is 5.32. The monoisotopic (exact) mass is 347 g/mol. The Bertz CT molecular complexity index is 903. The third-order valence-corrected chi connectivity index (χ3v) is 5.09. The van der Waals surface area contributed by atoms with Crippen molar-refractivity contribution in [1.29, 1.82) is 0 Å². The van der Waals surface area contributed by atoms with Crippen molar-refractivity contribution in [2.24, 2.45) is 0 Å². The minimum atomic E-state index is 0.539. The number of para-hydroxylation sites is 1. The summed E-state index contributed by atoms with van der Waals surface area (Å²) < 4.78 is 0. The first kappa shape index (κ1) is 16.8. The van der Waals surface area contributed by atoms with E-state index in [1.807, 2.05) is 37.4 Å². The van der Waals surface area contributed by atoms with Crippen molar-refractivity contribution in [2.45, 2.75) is 45.6 Å². The average molecular weight is 347 g/mol. The van der Waals surface area contributed by atoms with Gasteiger partial charge in [-0.25, -0.2) is 4.98 Å². The molecular formula is C21H25N5. The molecule has 0 spiro atoms. The molecule has 1 unspecified atom stereocenters. The normalized spacial score (nSPS) is 17.5. The van der Waals surface area contributed by atoms with Crippen LogP contribution in [0.2, 0.25) is 0 Å². The van der Waals surface area contributed by atoms with Gasteiger partial charge in [0.25, 0.3) is 0 Å². The molecule has 0 aliphatic carbocycles. The first-order chi connectivity index (χ1) is 12.7. The van der Waals surface area contributed by atoms with Gasteiger partial charge in [0.05, 0.1) is 11.2 Å². The zero-order valence-corrected chi connectivity index (χ0v) is 15.4. The Morgan fingerprint density at radius 3 is 2.92 bits per heavy atom. The number of hydrogen-bond donors (Lipinski definition) is 1. The van der Waals surface area contributed by atoms with Crippen LogP contribution in [0.1, 0.15) is 38.3 Å². The lowest BCUT2D eigenvalue weighted by Gasteiger charge is -2.35. The van der Waals surface area contributed by atoms with Crippen LogP contribution in [-0.2, 0) is 0 Å². The molecule has 1 aliphatic heterocycles. The van der Waals surface area contributed by atoms with E-state index >= 15 is 0 Å². The number of aryl methyl sites for hydroxylation is 1. The molecule has 0 amide bonds. The van der Waals surface area contributed by atoms with E-state index in [2.05, 4.69) is 34.3 Å². The summed E-state index contributed by atoms with van der Waals surface area (Å²) in [4.78, 5) is 16.5. The van der Waals surface area contributed by atoms with E-state index in [4.69, 9.17) is 9.97 Å². The fourth-order valence-corrected chi connectivity index (χ4v) is 3.78. The van der Waals surface area contributed by atoms with Gasteiger partial charge in [0.15, 0.2) is 0 Å². The minimum absolute atomic E-state index is 0.539. The van der Waals surface area contributed by atoms with Gasteiger partial charge in [0.2, 0.25) is 5.95 Å². The molecule has 1 N–H and O–H groups in total. The molecule has 1 fully saturated rings. The summed E-state index contributed by atoms with van der Waals surface area (Å²) >= 11 is 0. The third kappa shape index (κ3) is 3.34. The smallest absolute Gasteiger partial charge is 0.227 e. The van der Waals surface area contributed by atoms with E-state index in [0.717, 1.165) is 47.0 Å². The number of rotatable bonds is 4. The van der Waals surface area contributed by atoms with Crippen molar-refractivity contribution < 1.29 is 0 Å². The highest BCUT2D eigenvalue weighted by Gasteiger charge is 2.23. The average Bonchev–Trinajstić information content (AvgIpc) is 2.68. The second-order valence-corrected chi connectivity index (χ2v) is 6.95. The quantitative estimate of drug-likeness (QED) is 0.731. The van der Waals surface area contributed by atoms with Crippen LogP contribution in [-0.4, -0.2) is 27.5 Å². The van der Waals surface area contributed by atoms with Crippen molar-refractivity contribution in [2.75, 3.05) is 16.8 Å². The summed E-state index contributed by atoms with van der Waals surface area (Å²) in [6, 6.07) is 12.7. The van der Waals surface area contributed by atoms with Crippen LogP contribution in [0.15, 0.2) is 42.6 Å². The predicted octanol–water partition coefficient (Wildman–Crippen LogP) is 4.85. The number of nitrogens with one attached hydrogen (secondary N) is 1. The summed E-state index contributed by atoms with van der Waals surface area (Å²) in [5.41, 5.74) is 2.90. The van der Waals surface area contributed by atoms with Gasteiger partial charge >= 0.3 is 0 Å². The van der Waals surface area contributed by atoms with Gasteiger partial charge in [0, 0.05) is 35.9 Å². The molecule has 3 heterocycles. The van der Waals surface area contributed by atoms with Gasteiger partial charge in [-0.1, -0.05) is 25.1 Å². The molecule has 26 heavy (non-hydrogen) atoms. The Kier molecular flexibility index (Phi) is 4.69. The van der Waals surface area contributed by atoms with Gasteiger partial charge < -0.3 is 10.2 Å². The molecule has 1 aromatic carbocycles. The van der Waals surface area contributed by atoms with Crippen molar-refractivity contribution in [3.8, 4) is 0 Å². The van der Waals surface area contributed by atoms with Crippen molar-refractivity contribution >= 4 is 28.4 Å². The van der Waals surface area contributed by atoms with Crippen molar-refractivity contribution in [3.63, 3.8) is 0 Å². The Labute approximate surface area is 154 Å². The van der Waals surface area contributed by atoms with Gasteiger partial charge in [-0.15, -0.1) is 0 Å². The molecular weight excluding hydrogens is 322 g/mol. The van der Waals surface area contributed by atoms with E-state index in [1.165, 1.54) is 19.3 Å². The molecule has 4 rings (SSSR count). The lowest BCUT2D eigenvalue weighted by atomic mass is 10.0. The summed E-state index contributed by atoms with van der Waals surface area (Å²) in [6.07, 6.45) is 6.69. The highest BCUT2D eigenvalue weighted by Crippen LogP contribution is 2.27. The molecule has 0 bridgehead atoms. The molecule has 0 saturated carbocycles. The van der Waals surface area contributed by atoms with Crippen LogP contribution < -0.4 is 10.2 Å². The number of aromatic nitrogens is 3. The van der Waals surface area contributed by atoms with Crippen molar-refractivity contribution in [1.82, 2.24) is 15.0 Å². The van der Waals surface area contributed by atoms with E-state index in [9.17, 15) is 0 Å². The van der Waals surface area contributed by atoms with Crippen LogP contribution >= 0.6 is 0 Å². The Morgan fingerprint density at radius 2 is 2.04 bits per heavy atom. The van der Waals surface area contributed by atoms with Crippen LogP contribution in [0.25, 0.3) is 10.9 Å². The van der Waals surface area contributed by atoms with Crippen LogP contribution in [0, 0.1) is 6.92 Å². The van der Waals surface area contributed by atoms with E-state index in [-0.39, 0.29) is 0 Å². The fraction of sp³-hybridized carbons (Fsp3) is 0.381. The summed E-state index contributed by atoms with van der Waals surface area (Å²) in [5.74, 6) is 1.67. The Morgan fingerprint density at radius 1 is 1.15 bits per heavy atom. The first-order valence-corrected chi connectivity index (χ1v) is 9.47. The number of pyridine rings is 1. The molecule has 1 aliphatic rings. The molecule has 1 saturated heterocycles. The second kappa shape index (κ2) is 7.28. The van der Waals surface area contributed by atoms with E-state index in [1.54, 1.807) is 0 Å². The Hall–Kier alpha value is -2.69. The zero-order chi connectivity index (χ0) is 17.9. The largest absolute Gasteiger partial charge is 0.338 e. The number of hydrogen-bond acceptors (Lipinski definition) is 5. The molecule has 2 aromatic heterocycles. The molecule has 0 radical (unpaired) electrons. The first-order valence-electron chi connectivity index (χ1n) is 9.47.